The van der Waals surface area contributed by atoms with E-state index < -0.39 is 0 Å². The zero-order valence-corrected chi connectivity index (χ0v) is 14.0. The lowest BCUT2D eigenvalue weighted by Crippen LogP contribution is -2.03. The Hall–Kier alpha value is -2.86. The fourth-order valence-electron chi connectivity index (χ4n) is 2.93. The number of nitrogens with two attached hydrogens (primary N) is 1. The van der Waals surface area contributed by atoms with Crippen LogP contribution in [-0.4, -0.2) is 26.4 Å². The van der Waals surface area contributed by atoms with E-state index in [4.69, 9.17) is 17.3 Å². The van der Waals surface area contributed by atoms with Gasteiger partial charge in [-0.3, -0.25) is 4.40 Å². The standard InChI is InChI=1S/C17H15ClN6/c1-9-4-3-5-11(18)14(9)10-6-13(20-2)22-17-15(10)23-16(19)12-7-21-8-24(12)17/h3-8H,1-2H3,(H2,19,23)(H,20,22). The molecule has 3 aromatic heterocycles. The maximum absolute atomic E-state index is 6.48. The Morgan fingerprint density at radius 2 is 2.08 bits per heavy atom. The lowest BCUT2D eigenvalue weighted by molar-refractivity contribution is 1.14. The Morgan fingerprint density at radius 3 is 2.83 bits per heavy atom. The van der Waals surface area contributed by atoms with Crippen LogP contribution in [0.5, 0.6) is 0 Å². The van der Waals surface area contributed by atoms with Crippen molar-refractivity contribution >= 4 is 39.9 Å². The third kappa shape index (κ3) is 2.07. The molecule has 4 rings (SSSR count). The van der Waals surface area contributed by atoms with Crippen molar-refractivity contribution < 1.29 is 0 Å². The van der Waals surface area contributed by atoms with Gasteiger partial charge in [-0.05, 0) is 24.6 Å². The molecule has 24 heavy (non-hydrogen) atoms. The molecule has 0 aliphatic heterocycles. The number of aromatic nitrogens is 4. The van der Waals surface area contributed by atoms with Crippen molar-refractivity contribution in [3.63, 3.8) is 0 Å². The molecule has 0 fully saturated rings. The fourth-order valence-corrected chi connectivity index (χ4v) is 3.25. The Balaban J connectivity index is 2.21. The van der Waals surface area contributed by atoms with E-state index in [9.17, 15) is 0 Å². The summed E-state index contributed by atoms with van der Waals surface area (Å²) in [6, 6.07) is 7.76. The van der Waals surface area contributed by atoms with Crippen molar-refractivity contribution in [2.45, 2.75) is 6.92 Å². The van der Waals surface area contributed by atoms with E-state index in [1.165, 1.54) is 0 Å². The highest BCUT2D eigenvalue weighted by Crippen LogP contribution is 2.36. The number of pyridine rings is 1. The van der Waals surface area contributed by atoms with Crippen LogP contribution in [0.1, 0.15) is 5.56 Å². The molecule has 0 saturated carbocycles. The molecule has 0 spiro atoms. The van der Waals surface area contributed by atoms with Crippen LogP contribution in [0.15, 0.2) is 36.8 Å². The largest absolute Gasteiger partial charge is 0.382 e. The van der Waals surface area contributed by atoms with Crippen molar-refractivity contribution in [3.8, 4) is 11.1 Å². The van der Waals surface area contributed by atoms with Gasteiger partial charge in [0.25, 0.3) is 0 Å². The van der Waals surface area contributed by atoms with Gasteiger partial charge < -0.3 is 11.1 Å². The summed E-state index contributed by atoms with van der Waals surface area (Å²) in [5.41, 5.74) is 11.1. The number of anilines is 2. The van der Waals surface area contributed by atoms with Crippen molar-refractivity contribution in [3.05, 3.63) is 47.4 Å². The van der Waals surface area contributed by atoms with Gasteiger partial charge in [0.05, 0.1) is 6.20 Å². The average molecular weight is 339 g/mol. The van der Waals surface area contributed by atoms with Gasteiger partial charge in [0.2, 0.25) is 0 Å². The van der Waals surface area contributed by atoms with Crippen LogP contribution in [0.3, 0.4) is 0 Å². The number of rotatable bonds is 2. The lowest BCUT2D eigenvalue weighted by Gasteiger charge is -2.14. The number of nitrogen functional groups attached to an aromatic ring is 1. The molecular formula is C17H15ClN6. The van der Waals surface area contributed by atoms with Gasteiger partial charge in [-0.25, -0.2) is 15.0 Å². The molecule has 0 bridgehead atoms. The van der Waals surface area contributed by atoms with E-state index >= 15 is 0 Å². The van der Waals surface area contributed by atoms with Crippen LogP contribution in [0.25, 0.3) is 27.8 Å². The minimum atomic E-state index is 0.407. The number of imidazole rings is 1. The van der Waals surface area contributed by atoms with Crippen molar-refractivity contribution in [2.24, 2.45) is 0 Å². The average Bonchev–Trinajstić information content (AvgIpc) is 3.05. The maximum atomic E-state index is 6.48. The quantitative estimate of drug-likeness (QED) is 0.584. The molecule has 0 aliphatic rings. The van der Waals surface area contributed by atoms with Crippen LogP contribution in [0.2, 0.25) is 5.02 Å². The lowest BCUT2D eigenvalue weighted by atomic mass is 10.00. The summed E-state index contributed by atoms with van der Waals surface area (Å²) in [7, 11) is 1.83. The fraction of sp³-hybridized carbons (Fsp3) is 0.118. The van der Waals surface area contributed by atoms with Crippen LogP contribution >= 0.6 is 11.6 Å². The molecule has 6 nitrogen and oxygen atoms in total. The topological polar surface area (TPSA) is 81.1 Å². The second-order valence-corrected chi connectivity index (χ2v) is 5.96. The van der Waals surface area contributed by atoms with Gasteiger partial charge in [0.15, 0.2) is 5.65 Å². The second-order valence-electron chi connectivity index (χ2n) is 5.55. The Morgan fingerprint density at radius 1 is 1.25 bits per heavy atom. The number of aryl methyl sites for hydroxylation is 1. The third-order valence-electron chi connectivity index (χ3n) is 4.08. The summed E-state index contributed by atoms with van der Waals surface area (Å²) in [4.78, 5) is 13.4. The summed E-state index contributed by atoms with van der Waals surface area (Å²) in [6.07, 6.45) is 3.36. The summed E-state index contributed by atoms with van der Waals surface area (Å²) in [5, 5.41) is 3.76. The Bertz CT molecular complexity index is 1070. The minimum absolute atomic E-state index is 0.407. The minimum Gasteiger partial charge on any atom is -0.382 e. The second kappa shape index (κ2) is 5.35. The Labute approximate surface area is 143 Å². The number of hydrogen-bond acceptors (Lipinski definition) is 5. The summed E-state index contributed by atoms with van der Waals surface area (Å²) in [6.45, 7) is 2.02. The van der Waals surface area contributed by atoms with Crippen molar-refractivity contribution in [1.82, 2.24) is 19.4 Å². The molecule has 4 aromatic rings. The highest BCUT2D eigenvalue weighted by molar-refractivity contribution is 6.34. The van der Waals surface area contributed by atoms with Gasteiger partial charge in [0.1, 0.15) is 29.0 Å². The highest BCUT2D eigenvalue weighted by atomic mass is 35.5. The molecule has 3 heterocycles. The molecule has 0 saturated heterocycles. The molecule has 3 N–H and O–H groups in total. The molecule has 0 radical (unpaired) electrons. The van der Waals surface area contributed by atoms with E-state index in [1.807, 2.05) is 42.6 Å². The van der Waals surface area contributed by atoms with Crippen LogP contribution < -0.4 is 11.1 Å². The first kappa shape index (κ1) is 14.7. The number of nitrogens with zero attached hydrogens (tertiary/aromatic N) is 4. The summed E-state index contributed by atoms with van der Waals surface area (Å²) in [5.74, 6) is 1.13. The first-order valence-electron chi connectivity index (χ1n) is 7.45. The maximum Gasteiger partial charge on any atom is 0.167 e. The van der Waals surface area contributed by atoms with Gasteiger partial charge in [0, 0.05) is 23.2 Å². The number of fused-ring (bicyclic) bond motifs is 3. The van der Waals surface area contributed by atoms with Crippen LogP contribution in [0.4, 0.5) is 11.6 Å². The van der Waals surface area contributed by atoms with Gasteiger partial charge in [-0.1, -0.05) is 23.7 Å². The van der Waals surface area contributed by atoms with Crippen LogP contribution in [0, 0.1) is 6.92 Å². The van der Waals surface area contributed by atoms with E-state index in [-0.39, 0.29) is 0 Å². The SMILES string of the molecule is CNc1cc(-c2c(C)cccc2Cl)c2nc(N)c3cncn3c2n1. The molecule has 0 amide bonds. The van der Waals surface area contributed by atoms with Crippen molar-refractivity contribution in [1.29, 1.82) is 0 Å². The smallest absolute Gasteiger partial charge is 0.167 e. The monoisotopic (exact) mass is 338 g/mol. The third-order valence-corrected chi connectivity index (χ3v) is 4.40. The van der Waals surface area contributed by atoms with Gasteiger partial charge in [-0.2, -0.15) is 0 Å². The van der Waals surface area contributed by atoms with E-state index in [1.54, 1.807) is 12.5 Å². The Kier molecular flexibility index (Phi) is 3.28. The highest BCUT2D eigenvalue weighted by Gasteiger charge is 2.17. The number of halogens is 1. The first-order valence-corrected chi connectivity index (χ1v) is 7.83. The van der Waals surface area contributed by atoms with Gasteiger partial charge in [-0.15, -0.1) is 0 Å². The molecule has 0 atom stereocenters. The first-order chi connectivity index (χ1) is 11.6. The predicted octanol–water partition coefficient (Wildman–Crippen LogP) is 3.53. The van der Waals surface area contributed by atoms with Crippen LogP contribution in [-0.2, 0) is 0 Å². The summed E-state index contributed by atoms with van der Waals surface area (Å²) < 4.78 is 1.84. The molecular weight excluding hydrogens is 324 g/mol. The normalized spacial score (nSPS) is 11.3. The molecule has 0 unspecified atom stereocenters. The zero-order chi connectivity index (χ0) is 16.8. The summed E-state index contributed by atoms with van der Waals surface area (Å²) >= 11 is 6.48. The van der Waals surface area contributed by atoms with E-state index in [0.717, 1.165) is 28.0 Å². The molecule has 1 aromatic carbocycles. The number of nitrogens with one attached hydrogen (secondary N) is 1. The predicted molar refractivity (Wildman–Crippen MR) is 97.4 cm³/mol. The number of benzene rings is 1. The molecule has 7 heteroatoms. The zero-order valence-electron chi connectivity index (χ0n) is 13.2. The van der Waals surface area contributed by atoms with E-state index in [0.29, 0.717) is 22.0 Å². The van der Waals surface area contributed by atoms with E-state index in [2.05, 4.69) is 20.3 Å². The van der Waals surface area contributed by atoms with Gasteiger partial charge >= 0.3 is 0 Å². The van der Waals surface area contributed by atoms with Crippen molar-refractivity contribution in [2.75, 3.05) is 18.1 Å². The number of hydrogen-bond donors (Lipinski definition) is 2. The molecule has 0 aliphatic carbocycles. The molecule has 120 valence electrons.